The minimum Gasteiger partial charge on any atom is -0.480 e. The lowest BCUT2D eigenvalue weighted by atomic mass is 10.0. The lowest BCUT2D eigenvalue weighted by Gasteiger charge is -2.06. The molecule has 8 heteroatoms. The molecule has 29 heavy (non-hydrogen) atoms. The van der Waals surface area contributed by atoms with Gasteiger partial charge < -0.3 is 20.7 Å². The molecule has 3 aromatic rings. The molecule has 0 amide bonds. The van der Waals surface area contributed by atoms with E-state index >= 15 is 0 Å². The van der Waals surface area contributed by atoms with Crippen LogP contribution in [0.15, 0.2) is 64.1 Å². The first-order chi connectivity index (χ1) is 14.0. The molecule has 0 aliphatic rings. The average molecular weight is 396 g/mol. The maximum absolute atomic E-state index is 14.4. The van der Waals surface area contributed by atoms with Crippen molar-refractivity contribution in [3.8, 4) is 11.1 Å². The van der Waals surface area contributed by atoms with Crippen LogP contribution in [0.2, 0.25) is 0 Å². The zero-order valence-corrected chi connectivity index (χ0v) is 15.6. The highest BCUT2D eigenvalue weighted by atomic mass is 19.1. The number of hydrogen-bond acceptors (Lipinski definition) is 4. The first kappa shape index (κ1) is 20.1. The Morgan fingerprint density at radius 2 is 1.97 bits per heavy atom. The van der Waals surface area contributed by atoms with E-state index in [-0.39, 0.29) is 24.9 Å². The first-order valence-electron chi connectivity index (χ1n) is 9.05. The molecule has 4 N–H and O–H groups in total. The molecule has 0 aliphatic heterocycles. The molecule has 0 atom stereocenters. The Morgan fingerprint density at radius 3 is 2.69 bits per heavy atom. The summed E-state index contributed by atoms with van der Waals surface area (Å²) in [7, 11) is 0. The van der Waals surface area contributed by atoms with Crippen LogP contribution >= 0.6 is 0 Å². The summed E-state index contributed by atoms with van der Waals surface area (Å²) in [5.41, 5.74) is 8.41. The molecule has 1 heterocycles. The Bertz CT molecular complexity index is 1000. The lowest BCUT2D eigenvalue weighted by molar-refractivity contribution is -0.135. The van der Waals surface area contributed by atoms with Gasteiger partial charge in [0.1, 0.15) is 23.8 Å². The molecular formula is C21H21FN4O3. The van der Waals surface area contributed by atoms with Crippen LogP contribution in [0.5, 0.6) is 0 Å². The number of aliphatic imine (C=N–C) groups is 1. The zero-order chi connectivity index (χ0) is 20.6. The van der Waals surface area contributed by atoms with E-state index in [1.54, 1.807) is 18.2 Å². The SMILES string of the molecule is NC(=NCc1cc(CCc2ccc(-c3ccccc3)c(F)c2)on1)NCC(=O)O. The number of carboxylic acid groups (broad SMARTS) is 1. The summed E-state index contributed by atoms with van der Waals surface area (Å²) in [4.78, 5) is 14.5. The van der Waals surface area contributed by atoms with Crippen LogP contribution in [0.4, 0.5) is 4.39 Å². The van der Waals surface area contributed by atoms with Crippen LogP contribution < -0.4 is 11.1 Å². The molecule has 0 unspecified atom stereocenters. The third-order valence-corrected chi connectivity index (χ3v) is 4.22. The van der Waals surface area contributed by atoms with Gasteiger partial charge in [0.25, 0.3) is 0 Å². The van der Waals surface area contributed by atoms with Crippen molar-refractivity contribution in [2.75, 3.05) is 6.54 Å². The van der Waals surface area contributed by atoms with E-state index < -0.39 is 5.97 Å². The van der Waals surface area contributed by atoms with Gasteiger partial charge >= 0.3 is 5.97 Å². The number of nitrogens with zero attached hydrogens (tertiary/aromatic N) is 2. The second-order valence-corrected chi connectivity index (χ2v) is 6.41. The molecule has 0 fully saturated rings. The van der Waals surface area contributed by atoms with Crippen molar-refractivity contribution in [2.24, 2.45) is 10.7 Å². The van der Waals surface area contributed by atoms with E-state index in [4.69, 9.17) is 15.4 Å². The predicted octanol–water partition coefficient (Wildman–Crippen LogP) is 2.75. The van der Waals surface area contributed by atoms with Gasteiger partial charge in [-0.25, -0.2) is 9.38 Å². The molecule has 0 bridgehead atoms. The Balaban J connectivity index is 1.55. The number of carboxylic acids is 1. The quantitative estimate of drug-likeness (QED) is 0.399. The van der Waals surface area contributed by atoms with E-state index in [2.05, 4.69) is 15.5 Å². The fourth-order valence-corrected chi connectivity index (χ4v) is 2.77. The van der Waals surface area contributed by atoms with Gasteiger partial charge in [0.15, 0.2) is 5.96 Å². The Hall–Kier alpha value is -3.68. The molecule has 0 spiro atoms. The number of aryl methyl sites for hydroxylation is 2. The topological polar surface area (TPSA) is 114 Å². The van der Waals surface area contributed by atoms with Gasteiger partial charge in [-0.1, -0.05) is 47.6 Å². The molecular weight excluding hydrogens is 375 g/mol. The van der Waals surface area contributed by atoms with Crippen LogP contribution in [-0.2, 0) is 24.2 Å². The molecule has 150 valence electrons. The van der Waals surface area contributed by atoms with Crippen molar-refractivity contribution in [2.45, 2.75) is 19.4 Å². The summed E-state index contributed by atoms with van der Waals surface area (Å²) in [5.74, 6) is -0.614. The van der Waals surface area contributed by atoms with Crippen LogP contribution in [0.1, 0.15) is 17.0 Å². The highest BCUT2D eigenvalue weighted by molar-refractivity contribution is 5.82. The second-order valence-electron chi connectivity index (χ2n) is 6.41. The number of halogens is 1. The van der Waals surface area contributed by atoms with Gasteiger partial charge in [-0.05, 0) is 23.6 Å². The Morgan fingerprint density at radius 1 is 1.17 bits per heavy atom. The third-order valence-electron chi connectivity index (χ3n) is 4.22. The molecule has 2 aromatic carbocycles. The number of carbonyl (C=O) groups is 1. The molecule has 0 aliphatic carbocycles. The van der Waals surface area contributed by atoms with E-state index in [9.17, 15) is 9.18 Å². The van der Waals surface area contributed by atoms with Gasteiger partial charge in [-0.3, -0.25) is 4.79 Å². The summed E-state index contributed by atoms with van der Waals surface area (Å²) in [6.45, 7) is -0.138. The Labute approximate surface area is 167 Å². The monoisotopic (exact) mass is 396 g/mol. The zero-order valence-electron chi connectivity index (χ0n) is 15.6. The van der Waals surface area contributed by atoms with Crippen molar-refractivity contribution in [3.63, 3.8) is 0 Å². The maximum atomic E-state index is 14.4. The van der Waals surface area contributed by atoms with Crippen molar-refractivity contribution < 1.29 is 18.8 Å². The van der Waals surface area contributed by atoms with Crippen LogP contribution in [0, 0.1) is 5.82 Å². The number of benzene rings is 2. The first-order valence-corrected chi connectivity index (χ1v) is 9.05. The highest BCUT2D eigenvalue weighted by Gasteiger charge is 2.08. The normalized spacial score (nSPS) is 11.4. The van der Waals surface area contributed by atoms with E-state index in [1.165, 1.54) is 0 Å². The molecule has 7 nitrogen and oxygen atoms in total. The van der Waals surface area contributed by atoms with Crippen molar-refractivity contribution >= 4 is 11.9 Å². The fraction of sp³-hybridized carbons (Fsp3) is 0.190. The van der Waals surface area contributed by atoms with Crippen molar-refractivity contribution in [3.05, 3.63) is 77.4 Å². The number of guanidine groups is 1. The van der Waals surface area contributed by atoms with E-state index in [0.29, 0.717) is 29.9 Å². The number of nitrogens with one attached hydrogen (secondary N) is 1. The van der Waals surface area contributed by atoms with Gasteiger partial charge in [0.05, 0.1) is 6.54 Å². The van der Waals surface area contributed by atoms with E-state index in [1.807, 2.05) is 36.4 Å². The fourth-order valence-electron chi connectivity index (χ4n) is 2.77. The third kappa shape index (κ3) is 5.90. The van der Waals surface area contributed by atoms with Crippen LogP contribution in [-0.4, -0.2) is 28.7 Å². The summed E-state index contributed by atoms with van der Waals surface area (Å²) in [6, 6.07) is 16.4. The molecule has 1 aromatic heterocycles. The summed E-state index contributed by atoms with van der Waals surface area (Å²) in [5, 5.41) is 14.9. The minimum atomic E-state index is -1.03. The van der Waals surface area contributed by atoms with Crippen molar-refractivity contribution in [1.29, 1.82) is 0 Å². The Kier molecular flexibility index (Phi) is 6.57. The number of aromatic nitrogens is 1. The summed E-state index contributed by atoms with van der Waals surface area (Å²) < 4.78 is 19.7. The second kappa shape index (κ2) is 9.50. The number of rotatable bonds is 8. The predicted molar refractivity (Wildman–Crippen MR) is 107 cm³/mol. The van der Waals surface area contributed by atoms with Gasteiger partial charge in [0, 0.05) is 18.1 Å². The average Bonchev–Trinajstić information content (AvgIpc) is 3.18. The standard InChI is InChI=1S/C21H21FN4O3/c22-19-10-14(7-9-18(19)15-4-2-1-3-5-15)6-8-17-11-16(26-29-17)12-24-21(23)25-13-20(27)28/h1-5,7,9-11H,6,8,12-13H2,(H,27,28)(H3,23,24,25). The molecule has 0 saturated carbocycles. The largest absolute Gasteiger partial charge is 0.480 e. The van der Waals surface area contributed by atoms with E-state index in [0.717, 1.165) is 11.1 Å². The number of nitrogens with two attached hydrogens (primary N) is 1. The number of aliphatic carboxylic acids is 1. The minimum absolute atomic E-state index is 0.0194. The highest BCUT2D eigenvalue weighted by Crippen LogP contribution is 2.24. The summed E-state index contributed by atoms with van der Waals surface area (Å²) in [6.07, 6.45) is 1.17. The molecule has 0 saturated heterocycles. The summed E-state index contributed by atoms with van der Waals surface area (Å²) >= 11 is 0. The number of hydrogen-bond donors (Lipinski definition) is 3. The van der Waals surface area contributed by atoms with Gasteiger partial charge in [-0.15, -0.1) is 0 Å². The van der Waals surface area contributed by atoms with Gasteiger partial charge in [-0.2, -0.15) is 0 Å². The molecule has 0 radical (unpaired) electrons. The lowest BCUT2D eigenvalue weighted by Crippen LogP contribution is -2.35. The van der Waals surface area contributed by atoms with Crippen LogP contribution in [0.25, 0.3) is 11.1 Å². The smallest absolute Gasteiger partial charge is 0.322 e. The maximum Gasteiger partial charge on any atom is 0.322 e. The van der Waals surface area contributed by atoms with Gasteiger partial charge in [0.2, 0.25) is 0 Å². The van der Waals surface area contributed by atoms with Crippen LogP contribution in [0.3, 0.4) is 0 Å². The molecule has 3 rings (SSSR count). The van der Waals surface area contributed by atoms with Crippen molar-refractivity contribution in [1.82, 2.24) is 10.5 Å².